The molecule has 4 rings (SSSR count). The summed E-state index contributed by atoms with van der Waals surface area (Å²) in [5.41, 5.74) is 2.32. The Hall–Kier alpha value is -3.31. The van der Waals surface area contributed by atoms with Gasteiger partial charge in [-0.1, -0.05) is 48.0 Å². The number of hydrogen-bond acceptors (Lipinski definition) is 3. The number of benzene rings is 3. The van der Waals surface area contributed by atoms with Gasteiger partial charge in [-0.3, -0.25) is 4.79 Å². The number of halogens is 1. The van der Waals surface area contributed by atoms with Gasteiger partial charge in [-0.15, -0.1) is 0 Å². The number of methoxy groups -OCH3 is 1. The fourth-order valence-corrected chi connectivity index (χ4v) is 4.10. The van der Waals surface area contributed by atoms with Crippen molar-refractivity contribution < 1.29 is 19.4 Å². The minimum atomic E-state index is -1.36. The average Bonchev–Trinajstić information content (AvgIpc) is 3.13. The van der Waals surface area contributed by atoms with E-state index >= 15 is 0 Å². The quantitative estimate of drug-likeness (QED) is 0.641. The monoisotopic (exact) mass is 421 g/mol. The summed E-state index contributed by atoms with van der Waals surface area (Å²) in [6.07, 6.45) is 0.501. The van der Waals surface area contributed by atoms with Gasteiger partial charge >= 0.3 is 5.97 Å². The Kier molecular flexibility index (Phi) is 5.22. The second kappa shape index (κ2) is 7.84. The normalized spacial score (nSPS) is 14.1. The number of ether oxygens (including phenoxy) is 1. The zero-order valence-corrected chi connectivity index (χ0v) is 17.1. The summed E-state index contributed by atoms with van der Waals surface area (Å²) >= 11 is 6.37. The van der Waals surface area contributed by atoms with E-state index in [9.17, 15) is 14.7 Å². The molecular formula is C24H20ClNO4. The molecule has 152 valence electrons. The first-order chi connectivity index (χ1) is 14.4. The van der Waals surface area contributed by atoms with E-state index in [1.54, 1.807) is 25.3 Å². The number of hydrogen-bond donors (Lipinski definition) is 2. The molecule has 1 amide bonds. The fourth-order valence-electron chi connectivity index (χ4n) is 3.88. The van der Waals surface area contributed by atoms with Gasteiger partial charge in [0.05, 0.1) is 7.11 Å². The van der Waals surface area contributed by atoms with Gasteiger partial charge in [0.25, 0.3) is 5.91 Å². The van der Waals surface area contributed by atoms with Gasteiger partial charge < -0.3 is 15.2 Å². The highest BCUT2D eigenvalue weighted by molar-refractivity contribution is 6.33. The van der Waals surface area contributed by atoms with Gasteiger partial charge in [0.1, 0.15) is 11.3 Å². The van der Waals surface area contributed by atoms with Crippen molar-refractivity contribution in [3.8, 4) is 16.9 Å². The molecule has 6 heteroatoms. The third-order valence-electron chi connectivity index (χ3n) is 5.47. The van der Waals surface area contributed by atoms with E-state index in [0.717, 1.165) is 16.7 Å². The molecule has 0 aromatic heterocycles. The first-order valence-corrected chi connectivity index (χ1v) is 9.86. The van der Waals surface area contributed by atoms with Gasteiger partial charge in [-0.05, 0) is 47.0 Å². The van der Waals surface area contributed by atoms with Gasteiger partial charge in [0.2, 0.25) is 0 Å². The van der Waals surface area contributed by atoms with Crippen LogP contribution in [0.3, 0.4) is 0 Å². The van der Waals surface area contributed by atoms with Crippen LogP contribution in [-0.2, 0) is 17.6 Å². The Morgan fingerprint density at radius 1 is 1.00 bits per heavy atom. The predicted molar refractivity (Wildman–Crippen MR) is 115 cm³/mol. The standard InChI is InChI=1S/C24H20ClNO4/c1-30-19-8-4-7-15(11-19)20-12-16(9-10-21(20)25)22(27)26-24(23(28)29)13-17-5-2-3-6-18(17)14-24/h2-12H,13-14H2,1H3,(H,26,27)(H,28,29). The number of carboxylic acids is 1. The van der Waals surface area contributed by atoms with E-state index in [0.29, 0.717) is 21.9 Å². The predicted octanol–water partition coefficient (Wildman–Crippen LogP) is 4.37. The summed E-state index contributed by atoms with van der Waals surface area (Å²) in [5.74, 6) is -0.827. The lowest BCUT2D eigenvalue weighted by atomic mass is 9.94. The fraction of sp³-hybridized carbons (Fsp3) is 0.167. The van der Waals surface area contributed by atoms with Crippen LogP contribution < -0.4 is 10.1 Å². The Bertz CT molecular complexity index is 1120. The lowest BCUT2D eigenvalue weighted by Crippen LogP contribution is -2.55. The largest absolute Gasteiger partial charge is 0.497 e. The van der Waals surface area contributed by atoms with Gasteiger partial charge in [0.15, 0.2) is 0 Å². The molecule has 2 N–H and O–H groups in total. The maximum Gasteiger partial charge on any atom is 0.330 e. The Labute approximate surface area is 179 Å². The second-order valence-electron chi connectivity index (χ2n) is 7.39. The molecular weight excluding hydrogens is 402 g/mol. The SMILES string of the molecule is COc1cccc(-c2cc(C(=O)NC3(C(=O)O)Cc4ccccc4C3)ccc2Cl)c1. The number of amides is 1. The molecule has 1 aliphatic carbocycles. The molecule has 0 bridgehead atoms. The van der Waals surface area contributed by atoms with Gasteiger partial charge in [-0.2, -0.15) is 0 Å². The minimum absolute atomic E-state index is 0.251. The van der Waals surface area contributed by atoms with Gasteiger partial charge in [0, 0.05) is 29.0 Å². The molecule has 0 spiro atoms. The first-order valence-electron chi connectivity index (χ1n) is 9.48. The number of rotatable bonds is 5. The van der Waals surface area contributed by atoms with E-state index in [4.69, 9.17) is 16.3 Å². The topological polar surface area (TPSA) is 75.6 Å². The molecule has 0 heterocycles. The van der Waals surface area contributed by atoms with E-state index in [1.165, 1.54) is 0 Å². The molecule has 1 aliphatic rings. The van der Waals surface area contributed by atoms with Crippen molar-refractivity contribution >= 4 is 23.5 Å². The lowest BCUT2D eigenvalue weighted by molar-refractivity contribution is -0.144. The summed E-state index contributed by atoms with van der Waals surface area (Å²) in [7, 11) is 1.58. The highest BCUT2D eigenvalue weighted by atomic mass is 35.5. The van der Waals surface area contributed by atoms with Crippen LogP contribution in [0.5, 0.6) is 5.75 Å². The van der Waals surface area contributed by atoms with E-state index < -0.39 is 17.4 Å². The third-order valence-corrected chi connectivity index (χ3v) is 5.80. The molecule has 30 heavy (non-hydrogen) atoms. The van der Waals surface area contributed by atoms with Crippen LogP contribution in [-0.4, -0.2) is 29.6 Å². The molecule has 3 aromatic rings. The molecule has 0 saturated carbocycles. The first kappa shape index (κ1) is 20.0. The second-order valence-corrected chi connectivity index (χ2v) is 7.80. The number of aliphatic carboxylic acids is 1. The van der Waals surface area contributed by atoms with Crippen LogP contribution in [0.15, 0.2) is 66.7 Å². The zero-order chi connectivity index (χ0) is 21.3. The number of nitrogens with one attached hydrogen (secondary N) is 1. The molecule has 3 aromatic carbocycles. The van der Waals surface area contributed by atoms with Crippen molar-refractivity contribution in [3.63, 3.8) is 0 Å². The Morgan fingerprint density at radius 2 is 1.70 bits per heavy atom. The number of fused-ring (bicyclic) bond motifs is 1. The lowest BCUT2D eigenvalue weighted by Gasteiger charge is -2.25. The van der Waals surface area contributed by atoms with Crippen molar-refractivity contribution in [2.75, 3.05) is 7.11 Å². The molecule has 0 unspecified atom stereocenters. The van der Waals surface area contributed by atoms with Crippen LogP contribution in [0, 0.1) is 0 Å². The minimum Gasteiger partial charge on any atom is -0.497 e. The summed E-state index contributed by atoms with van der Waals surface area (Å²) < 4.78 is 5.27. The van der Waals surface area contributed by atoms with Crippen molar-refractivity contribution in [2.45, 2.75) is 18.4 Å². The van der Waals surface area contributed by atoms with Gasteiger partial charge in [-0.25, -0.2) is 4.79 Å². The number of carbonyl (C=O) groups excluding carboxylic acids is 1. The van der Waals surface area contributed by atoms with Crippen LogP contribution in [0.25, 0.3) is 11.1 Å². The summed E-state index contributed by atoms with van der Waals surface area (Å²) in [4.78, 5) is 25.2. The molecule has 5 nitrogen and oxygen atoms in total. The molecule has 0 radical (unpaired) electrons. The molecule has 0 atom stereocenters. The molecule has 0 saturated heterocycles. The van der Waals surface area contributed by atoms with Crippen LogP contribution in [0.4, 0.5) is 0 Å². The van der Waals surface area contributed by atoms with Crippen molar-refractivity contribution in [2.24, 2.45) is 0 Å². The molecule has 0 aliphatic heterocycles. The third kappa shape index (κ3) is 3.64. The highest BCUT2D eigenvalue weighted by Crippen LogP contribution is 2.33. The summed E-state index contributed by atoms with van der Waals surface area (Å²) in [6, 6.07) is 19.8. The summed E-state index contributed by atoms with van der Waals surface area (Å²) in [5, 5.41) is 13.2. The van der Waals surface area contributed by atoms with Crippen molar-refractivity contribution in [3.05, 3.63) is 88.4 Å². The van der Waals surface area contributed by atoms with E-state index in [1.807, 2.05) is 48.5 Å². The van der Waals surface area contributed by atoms with E-state index in [-0.39, 0.29) is 12.8 Å². The van der Waals surface area contributed by atoms with Crippen LogP contribution in [0.1, 0.15) is 21.5 Å². The average molecular weight is 422 g/mol. The van der Waals surface area contributed by atoms with Crippen LogP contribution in [0.2, 0.25) is 5.02 Å². The molecule has 0 fully saturated rings. The maximum atomic E-state index is 13.0. The van der Waals surface area contributed by atoms with Crippen LogP contribution >= 0.6 is 11.6 Å². The Morgan fingerprint density at radius 3 is 2.33 bits per heavy atom. The highest BCUT2D eigenvalue weighted by Gasteiger charge is 2.45. The maximum absolute atomic E-state index is 13.0. The summed E-state index contributed by atoms with van der Waals surface area (Å²) in [6.45, 7) is 0. The zero-order valence-electron chi connectivity index (χ0n) is 16.3. The number of carboxylic acid groups (broad SMARTS) is 1. The number of carbonyl (C=O) groups is 2. The Balaban J connectivity index is 1.64. The van der Waals surface area contributed by atoms with E-state index in [2.05, 4.69) is 5.32 Å². The van der Waals surface area contributed by atoms with Crippen molar-refractivity contribution in [1.82, 2.24) is 5.32 Å². The van der Waals surface area contributed by atoms with Crippen molar-refractivity contribution in [1.29, 1.82) is 0 Å². The smallest absolute Gasteiger partial charge is 0.330 e.